The Bertz CT molecular complexity index is 239. The van der Waals surface area contributed by atoms with Crippen molar-refractivity contribution in [1.82, 2.24) is 0 Å². The minimum absolute atomic E-state index is 0.231. The monoisotopic (exact) mass is 166 g/mol. The smallest absolute Gasteiger partial charge is 0.208 e. The Balaban J connectivity index is 2.21. The molecule has 0 saturated heterocycles. The first kappa shape index (κ1) is 7.65. The van der Waals surface area contributed by atoms with Crippen LogP contribution in [0.4, 0.5) is 0 Å². The summed E-state index contributed by atoms with van der Waals surface area (Å²) in [7, 11) is 0. The molecule has 1 saturated carbocycles. The Morgan fingerprint density at radius 1 is 1.33 bits per heavy atom. The SMILES string of the molecule is N=C1C=C(N)C2(CCCCC2)O1. The molecule has 0 amide bonds. The fraction of sp³-hybridized carbons (Fsp3) is 0.667. The van der Waals surface area contributed by atoms with Crippen LogP contribution < -0.4 is 5.73 Å². The van der Waals surface area contributed by atoms with Crippen LogP contribution in [0.2, 0.25) is 0 Å². The van der Waals surface area contributed by atoms with Gasteiger partial charge in [-0.1, -0.05) is 6.42 Å². The summed E-state index contributed by atoms with van der Waals surface area (Å²) >= 11 is 0. The minimum atomic E-state index is -0.282. The van der Waals surface area contributed by atoms with Crippen LogP contribution in [0, 0.1) is 5.41 Å². The van der Waals surface area contributed by atoms with E-state index in [1.807, 2.05) is 0 Å². The zero-order valence-electron chi connectivity index (χ0n) is 7.10. The Kier molecular flexibility index (Phi) is 1.60. The molecule has 3 nitrogen and oxygen atoms in total. The van der Waals surface area contributed by atoms with E-state index >= 15 is 0 Å². The average molecular weight is 166 g/mol. The zero-order chi connectivity index (χ0) is 8.60. The van der Waals surface area contributed by atoms with E-state index in [1.165, 1.54) is 19.3 Å². The molecule has 1 heterocycles. The summed E-state index contributed by atoms with van der Waals surface area (Å²) in [6, 6.07) is 0. The highest BCUT2D eigenvalue weighted by Gasteiger charge is 2.41. The number of hydrogen-bond acceptors (Lipinski definition) is 3. The van der Waals surface area contributed by atoms with Crippen molar-refractivity contribution in [3.05, 3.63) is 11.8 Å². The van der Waals surface area contributed by atoms with Crippen LogP contribution in [0.5, 0.6) is 0 Å². The molecule has 0 aromatic carbocycles. The molecule has 66 valence electrons. The van der Waals surface area contributed by atoms with E-state index in [0.29, 0.717) is 0 Å². The quantitative estimate of drug-likeness (QED) is 0.573. The first-order chi connectivity index (χ1) is 5.73. The molecule has 0 bridgehead atoms. The van der Waals surface area contributed by atoms with E-state index in [-0.39, 0.29) is 11.5 Å². The van der Waals surface area contributed by atoms with Gasteiger partial charge in [0, 0.05) is 6.08 Å². The molecular formula is C9H14N2O. The van der Waals surface area contributed by atoms with Crippen molar-refractivity contribution in [1.29, 1.82) is 5.41 Å². The molecule has 12 heavy (non-hydrogen) atoms. The molecular weight excluding hydrogens is 152 g/mol. The lowest BCUT2D eigenvalue weighted by atomic mass is 9.83. The van der Waals surface area contributed by atoms with Gasteiger partial charge in [-0.15, -0.1) is 0 Å². The van der Waals surface area contributed by atoms with Crippen molar-refractivity contribution in [3.8, 4) is 0 Å². The topological polar surface area (TPSA) is 59.1 Å². The molecule has 1 fully saturated rings. The van der Waals surface area contributed by atoms with E-state index < -0.39 is 0 Å². The van der Waals surface area contributed by atoms with Crippen LogP contribution in [0.1, 0.15) is 32.1 Å². The second kappa shape index (κ2) is 2.51. The highest BCUT2D eigenvalue weighted by atomic mass is 16.5. The van der Waals surface area contributed by atoms with Crippen LogP contribution in [-0.2, 0) is 4.74 Å². The van der Waals surface area contributed by atoms with Crippen molar-refractivity contribution in [2.75, 3.05) is 0 Å². The van der Waals surface area contributed by atoms with E-state index in [1.54, 1.807) is 6.08 Å². The van der Waals surface area contributed by atoms with Gasteiger partial charge in [-0.05, 0) is 25.7 Å². The van der Waals surface area contributed by atoms with E-state index in [9.17, 15) is 0 Å². The molecule has 1 aliphatic heterocycles. The highest BCUT2D eigenvalue weighted by Crippen LogP contribution is 2.38. The summed E-state index contributed by atoms with van der Waals surface area (Å²) in [5.41, 5.74) is 6.30. The molecule has 1 aliphatic carbocycles. The van der Waals surface area contributed by atoms with Gasteiger partial charge in [-0.2, -0.15) is 0 Å². The molecule has 3 heteroatoms. The fourth-order valence-electron chi connectivity index (χ4n) is 2.09. The number of nitrogens with two attached hydrogens (primary N) is 1. The lowest BCUT2D eigenvalue weighted by molar-refractivity contribution is 0.0635. The summed E-state index contributed by atoms with van der Waals surface area (Å²) in [6.07, 6.45) is 7.22. The van der Waals surface area contributed by atoms with Crippen LogP contribution in [0.15, 0.2) is 11.8 Å². The van der Waals surface area contributed by atoms with Crippen LogP contribution in [0.25, 0.3) is 0 Å². The van der Waals surface area contributed by atoms with Crippen molar-refractivity contribution in [2.24, 2.45) is 5.73 Å². The Morgan fingerprint density at radius 3 is 2.50 bits per heavy atom. The molecule has 0 radical (unpaired) electrons. The van der Waals surface area contributed by atoms with Gasteiger partial charge in [0.15, 0.2) is 0 Å². The second-order valence-corrected chi connectivity index (χ2v) is 3.62. The summed E-state index contributed by atoms with van der Waals surface area (Å²) in [4.78, 5) is 0. The van der Waals surface area contributed by atoms with Crippen LogP contribution in [-0.4, -0.2) is 11.5 Å². The molecule has 1 spiro atoms. The largest absolute Gasteiger partial charge is 0.465 e. The molecule has 0 aromatic heterocycles. The molecule has 2 aliphatic rings. The molecule has 3 N–H and O–H groups in total. The van der Waals surface area contributed by atoms with Crippen LogP contribution >= 0.6 is 0 Å². The maximum absolute atomic E-state index is 7.36. The lowest BCUT2D eigenvalue weighted by Crippen LogP contribution is -2.37. The number of nitrogens with one attached hydrogen (secondary N) is 1. The van der Waals surface area contributed by atoms with E-state index in [2.05, 4.69) is 0 Å². The summed E-state index contributed by atoms with van der Waals surface area (Å²) in [5, 5.41) is 7.36. The maximum atomic E-state index is 7.36. The number of ether oxygens (including phenoxy) is 1. The van der Waals surface area contributed by atoms with Gasteiger partial charge in [-0.3, -0.25) is 5.41 Å². The van der Waals surface area contributed by atoms with Gasteiger partial charge in [0.05, 0.1) is 5.70 Å². The third kappa shape index (κ3) is 1.00. The Hall–Kier alpha value is -0.990. The third-order valence-corrected chi connectivity index (χ3v) is 2.78. The van der Waals surface area contributed by atoms with Gasteiger partial charge < -0.3 is 10.5 Å². The van der Waals surface area contributed by atoms with Crippen molar-refractivity contribution < 1.29 is 4.74 Å². The molecule has 0 aromatic rings. The number of hydrogen-bond donors (Lipinski definition) is 2. The van der Waals surface area contributed by atoms with Crippen LogP contribution in [0.3, 0.4) is 0 Å². The maximum Gasteiger partial charge on any atom is 0.208 e. The standard InChI is InChI=1S/C9H14N2O/c10-7-6-8(11)12-9(7)4-2-1-3-5-9/h6,11H,1-5,10H2. The Morgan fingerprint density at radius 2 is 2.00 bits per heavy atom. The summed E-state index contributed by atoms with van der Waals surface area (Å²) in [6.45, 7) is 0. The zero-order valence-corrected chi connectivity index (χ0v) is 7.10. The summed E-state index contributed by atoms with van der Waals surface area (Å²) < 4.78 is 5.47. The van der Waals surface area contributed by atoms with Gasteiger partial charge in [0.2, 0.25) is 5.90 Å². The van der Waals surface area contributed by atoms with Crippen molar-refractivity contribution in [2.45, 2.75) is 37.7 Å². The van der Waals surface area contributed by atoms with Gasteiger partial charge in [-0.25, -0.2) is 0 Å². The predicted octanol–water partition coefficient (Wildman–Crippen LogP) is 1.54. The average Bonchev–Trinajstić information content (AvgIpc) is 2.29. The Labute approximate surface area is 72.1 Å². The first-order valence-corrected chi connectivity index (χ1v) is 4.48. The first-order valence-electron chi connectivity index (χ1n) is 4.48. The molecule has 0 unspecified atom stereocenters. The molecule has 0 atom stereocenters. The normalized spacial score (nSPS) is 27.0. The van der Waals surface area contributed by atoms with Gasteiger partial charge in [0.25, 0.3) is 0 Å². The highest BCUT2D eigenvalue weighted by molar-refractivity contribution is 5.89. The minimum Gasteiger partial charge on any atom is -0.465 e. The number of rotatable bonds is 0. The molecule has 2 rings (SSSR count). The predicted molar refractivity (Wildman–Crippen MR) is 46.9 cm³/mol. The van der Waals surface area contributed by atoms with Gasteiger partial charge in [0.1, 0.15) is 5.60 Å². The van der Waals surface area contributed by atoms with E-state index in [4.69, 9.17) is 15.9 Å². The second-order valence-electron chi connectivity index (χ2n) is 3.62. The third-order valence-electron chi connectivity index (χ3n) is 2.78. The van der Waals surface area contributed by atoms with Gasteiger partial charge >= 0.3 is 0 Å². The summed E-state index contributed by atoms with van der Waals surface area (Å²) in [5.74, 6) is 0.231. The fourth-order valence-corrected chi connectivity index (χ4v) is 2.09. The lowest BCUT2D eigenvalue weighted by Gasteiger charge is -2.33. The van der Waals surface area contributed by atoms with Crippen molar-refractivity contribution >= 4 is 5.90 Å². The van der Waals surface area contributed by atoms with Crippen molar-refractivity contribution in [3.63, 3.8) is 0 Å². The van der Waals surface area contributed by atoms with E-state index in [0.717, 1.165) is 18.5 Å².